The zero-order chi connectivity index (χ0) is 16.5. The molecule has 8 nitrogen and oxygen atoms in total. The van der Waals surface area contributed by atoms with Gasteiger partial charge in [0.2, 0.25) is 27.1 Å². The van der Waals surface area contributed by atoms with Crippen molar-refractivity contribution in [2.24, 2.45) is 7.05 Å². The van der Waals surface area contributed by atoms with E-state index in [1.54, 1.807) is 7.11 Å². The van der Waals surface area contributed by atoms with E-state index in [-0.39, 0.29) is 0 Å². The topological polar surface area (TPSA) is 100 Å². The van der Waals surface area contributed by atoms with Gasteiger partial charge in [-0.1, -0.05) is 0 Å². The van der Waals surface area contributed by atoms with Gasteiger partial charge in [-0.05, 0) is 12.8 Å². The van der Waals surface area contributed by atoms with Gasteiger partial charge in [0.15, 0.2) is 0 Å². The van der Waals surface area contributed by atoms with E-state index in [0.717, 1.165) is 23.7 Å². The summed E-state index contributed by atoms with van der Waals surface area (Å²) in [6.45, 7) is 1.96. The Morgan fingerprint density at radius 3 is 2.10 bits per heavy atom. The van der Waals surface area contributed by atoms with Gasteiger partial charge in [0, 0.05) is 13.7 Å². The Labute approximate surface area is 123 Å². The zero-order valence-electron chi connectivity index (χ0n) is 11.5. The molecule has 0 aliphatic rings. The number of unbranched alkanes of at least 4 members (excludes halogenated alkanes) is 1. The predicted octanol–water partition coefficient (Wildman–Crippen LogP) is 0.528. The first kappa shape index (κ1) is 19.9. The van der Waals surface area contributed by atoms with Crippen LogP contribution < -0.4 is 4.57 Å². The molecule has 0 atom stereocenters. The van der Waals surface area contributed by atoms with Gasteiger partial charge in [0.05, 0.1) is 13.6 Å². The van der Waals surface area contributed by atoms with E-state index < -0.39 is 20.8 Å². The van der Waals surface area contributed by atoms with Crippen molar-refractivity contribution in [2.75, 3.05) is 13.7 Å². The van der Waals surface area contributed by atoms with Crippen molar-refractivity contribution < 1.29 is 33.9 Å². The third kappa shape index (κ3) is 13.6. The smallest absolute Gasteiger partial charge is 0.243 e. The van der Waals surface area contributed by atoms with Crippen LogP contribution in [0.2, 0.25) is 0 Å². The molecule has 1 aromatic rings. The Bertz CT molecular complexity index is 585. The van der Waals surface area contributed by atoms with E-state index in [1.807, 2.05) is 7.05 Å². The molecule has 0 saturated carbocycles. The molecule has 1 aromatic heterocycles. The minimum absolute atomic E-state index is 0.868. The third-order valence-electron chi connectivity index (χ3n) is 2.02. The van der Waals surface area contributed by atoms with Gasteiger partial charge in [0.1, 0.15) is 12.4 Å². The molecule has 124 valence electrons. The second-order valence-corrected chi connectivity index (χ2v) is 6.16. The number of methoxy groups -OCH3 is 1. The Kier molecular flexibility index (Phi) is 8.54. The number of imidazole rings is 1. The van der Waals surface area contributed by atoms with Gasteiger partial charge in [-0.15, -0.1) is 7.77 Å². The molecular weight excluding hydrogens is 332 g/mol. The summed E-state index contributed by atoms with van der Waals surface area (Å²) in [6.07, 6.45) is 8.55. The average Bonchev–Trinajstić information content (AvgIpc) is 2.66. The molecule has 0 aromatic carbocycles. The van der Waals surface area contributed by atoms with E-state index >= 15 is 0 Å². The maximum absolute atomic E-state index is 11.1. The SMILES string of the molecule is COCCCCn1cc[n+](C)c1.O=S(=O)(F)[N-]S(=O)(=O)F. The van der Waals surface area contributed by atoms with Gasteiger partial charge in [-0.25, -0.2) is 26.0 Å². The average molecular weight is 349 g/mol. The summed E-state index contributed by atoms with van der Waals surface area (Å²) in [6, 6.07) is 0. The third-order valence-corrected chi connectivity index (χ3v) is 3.44. The number of rotatable bonds is 7. The van der Waals surface area contributed by atoms with Crippen molar-refractivity contribution in [3.8, 4) is 0 Å². The molecule has 0 fully saturated rings. The second kappa shape index (κ2) is 9.02. The normalized spacial score (nSPS) is 11.8. The summed E-state index contributed by atoms with van der Waals surface area (Å²) < 4.78 is 69.3. The van der Waals surface area contributed by atoms with Crippen LogP contribution in [0.15, 0.2) is 18.7 Å². The Balaban J connectivity index is 0.000000400. The summed E-state index contributed by atoms with van der Waals surface area (Å²) in [7, 11) is -7.46. The van der Waals surface area contributed by atoms with Crippen LogP contribution >= 0.6 is 0 Å². The largest absolute Gasteiger partial charge is 0.385 e. The lowest BCUT2D eigenvalue weighted by molar-refractivity contribution is -0.671. The zero-order valence-corrected chi connectivity index (χ0v) is 13.1. The van der Waals surface area contributed by atoms with Crippen molar-refractivity contribution >= 4 is 20.8 Å². The predicted molar refractivity (Wildman–Crippen MR) is 70.1 cm³/mol. The van der Waals surface area contributed by atoms with Crippen molar-refractivity contribution in [1.29, 1.82) is 0 Å². The first-order chi connectivity index (χ1) is 9.53. The van der Waals surface area contributed by atoms with Gasteiger partial charge >= 0.3 is 0 Å². The van der Waals surface area contributed by atoms with Gasteiger partial charge < -0.3 is 8.86 Å². The first-order valence-electron chi connectivity index (χ1n) is 5.67. The highest BCUT2D eigenvalue weighted by atomic mass is 32.3. The molecule has 0 aliphatic heterocycles. The van der Waals surface area contributed by atoms with Crippen LogP contribution in [0, 0.1) is 0 Å². The van der Waals surface area contributed by atoms with Crippen LogP contribution in [-0.2, 0) is 39.1 Å². The Hall–Kier alpha value is -1.11. The number of aryl methyl sites for hydroxylation is 2. The molecule has 0 bridgehead atoms. The van der Waals surface area contributed by atoms with E-state index in [2.05, 4.69) is 27.9 Å². The van der Waals surface area contributed by atoms with Gasteiger partial charge in [-0.2, -0.15) is 0 Å². The molecule has 0 amide bonds. The summed E-state index contributed by atoms with van der Waals surface area (Å²) >= 11 is 0. The molecule has 0 saturated heterocycles. The lowest BCUT2D eigenvalue weighted by Crippen LogP contribution is -2.23. The number of hydrogen-bond acceptors (Lipinski definition) is 5. The highest BCUT2D eigenvalue weighted by Gasteiger charge is 2.01. The van der Waals surface area contributed by atoms with Crippen LogP contribution in [0.4, 0.5) is 7.77 Å². The summed E-state index contributed by atoms with van der Waals surface area (Å²) in [4.78, 5) is 0. The van der Waals surface area contributed by atoms with Crippen LogP contribution in [0.3, 0.4) is 0 Å². The molecule has 12 heteroatoms. The van der Waals surface area contributed by atoms with Crippen molar-refractivity contribution in [3.63, 3.8) is 0 Å². The van der Waals surface area contributed by atoms with Crippen LogP contribution in [0.1, 0.15) is 12.8 Å². The summed E-state index contributed by atoms with van der Waals surface area (Å²) in [5.74, 6) is 0. The molecule has 0 radical (unpaired) electrons. The maximum Gasteiger partial charge on any atom is 0.243 e. The van der Waals surface area contributed by atoms with Gasteiger partial charge in [-0.3, -0.25) is 0 Å². The van der Waals surface area contributed by atoms with Crippen LogP contribution in [0.5, 0.6) is 0 Å². The minimum Gasteiger partial charge on any atom is -0.385 e. The first-order valence-corrected chi connectivity index (χ1v) is 8.35. The molecule has 1 rings (SSSR count). The fourth-order valence-electron chi connectivity index (χ4n) is 1.28. The monoisotopic (exact) mass is 349 g/mol. The van der Waals surface area contributed by atoms with E-state index in [0.29, 0.717) is 0 Å². The molecule has 0 aliphatic carbocycles. The number of nitrogens with zero attached hydrogens (tertiary/aromatic N) is 3. The minimum atomic E-state index is -5.62. The fourth-order valence-corrected chi connectivity index (χ4v) is 2.13. The molecule has 1 heterocycles. The summed E-state index contributed by atoms with van der Waals surface area (Å²) in [5.41, 5.74) is 0. The van der Waals surface area contributed by atoms with Crippen LogP contribution in [0.25, 0.3) is 4.13 Å². The van der Waals surface area contributed by atoms with E-state index in [9.17, 15) is 24.6 Å². The molecule has 0 unspecified atom stereocenters. The van der Waals surface area contributed by atoms with Crippen LogP contribution in [-0.4, -0.2) is 35.1 Å². The van der Waals surface area contributed by atoms with Crippen molar-refractivity contribution in [1.82, 2.24) is 4.57 Å². The quantitative estimate of drug-likeness (QED) is 0.406. The Morgan fingerprint density at radius 2 is 1.76 bits per heavy atom. The number of aromatic nitrogens is 2. The highest BCUT2D eigenvalue weighted by Crippen LogP contribution is 2.11. The molecule has 0 spiro atoms. The number of ether oxygens (including phenoxy) is 1. The lowest BCUT2D eigenvalue weighted by Gasteiger charge is -2.03. The van der Waals surface area contributed by atoms with Crippen molar-refractivity contribution in [3.05, 3.63) is 22.8 Å². The standard InChI is InChI=1S/C9H17N2O.F2NO4S2/c1-10-6-7-11(9-10)5-3-4-8-12-2;1-8(4,5)3-9(2,6)7/h6-7,9H,3-5,8H2,1-2H3;/q+1;-1. The second-order valence-electron chi connectivity index (χ2n) is 3.92. The highest BCUT2D eigenvalue weighted by molar-refractivity contribution is 8.07. The van der Waals surface area contributed by atoms with E-state index in [4.69, 9.17) is 4.74 Å². The fraction of sp³-hybridized carbons (Fsp3) is 0.667. The molecular formula is C9H17F2N3O5S2. The molecule has 0 N–H and O–H groups in total. The lowest BCUT2D eigenvalue weighted by atomic mass is 10.3. The summed E-state index contributed by atoms with van der Waals surface area (Å²) in [5, 5.41) is 0. The number of halogens is 2. The van der Waals surface area contributed by atoms with Gasteiger partial charge in [0.25, 0.3) is 0 Å². The number of hydrogen-bond donors (Lipinski definition) is 0. The Morgan fingerprint density at radius 1 is 1.19 bits per heavy atom. The van der Waals surface area contributed by atoms with Crippen molar-refractivity contribution in [2.45, 2.75) is 19.4 Å². The molecule has 21 heavy (non-hydrogen) atoms. The maximum atomic E-state index is 11.1. The van der Waals surface area contributed by atoms with E-state index in [1.165, 1.54) is 6.42 Å².